The summed E-state index contributed by atoms with van der Waals surface area (Å²) in [5.74, 6) is 0.283. The maximum atomic E-state index is 13.4. The Balaban J connectivity index is 1.41. The molecular formula is C22H25Cl2NO3. The second-order valence-electron chi connectivity index (χ2n) is 9.65. The zero-order chi connectivity index (χ0) is 19.7. The highest BCUT2D eigenvalue weighted by Gasteiger charge is 2.64. The molecule has 28 heavy (non-hydrogen) atoms. The van der Waals surface area contributed by atoms with Crippen LogP contribution in [0.3, 0.4) is 0 Å². The first kappa shape index (κ1) is 18.7. The van der Waals surface area contributed by atoms with Crippen LogP contribution in [0.5, 0.6) is 0 Å². The number of likely N-dealkylation sites (tertiary alicyclic amines) is 1. The first-order chi connectivity index (χ1) is 13.3. The number of carboxylic acids is 1. The summed E-state index contributed by atoms with van der Waals surface area (Å²) in [7, 11) is 0. The standard InChI is InChI=1S/C22H25Cl2NO3/c23-17-2-1-3-18(24)16(17)7-15-4-5-25(19(15)26)22-10-13-6-14(11-22)9-21(8-13,12-22)20(27)28/h1-3,13-15H,4-12H2,(H,27,28). The van der Waals surface area contributed by atoms with E-state index < -0.39 is 11.4 Å². The van der Waals surface area contributed by atoms with Crippen LogP contribution in [-0.4, -0.2) is 34.0 Å². The van der Waals surface area contributed by atoms with Crippen LogP contribution in [0.25, 0.3) is 0 Å². The van der Waals surface area contributed by atoms with E-state index in [0.717, 1.165) is 50.6 Å². The van der Waals surface area contributed by atoms with Crippen molar-refractivity contribution >= 4 is 35.1 Å². The maximum Gasteiger partial charge on any atom is 0.309 e. The summed E-state index contributed by atoms with van der Waals surface area (Å²) in [6.07, 6.45) is 6.65. The van der Waals surface area contributed by atoms with E-state index in [4.69, 9.17) is 23.2 Å². The van der Waals surface area contributed by atoms with Gasteiger partial charge in [0.2, 0.25) is 5.91 Å². The molecule has 0 spiro atoms. The van der Waals surface area contributed by atoms with Crippen LogP contribution in [0.1, 0.15) is 50.5 Å². The fourth-order valence-electron chi connectivity index (χ4n) is 7.15. The van der Waals surface area contributed by atoms with Crippen molar-refractivity contribution in [1.82, 2.24) is 4.90 Å². The van der Waals surface area contributed by atoms with Gasteiger partial charge in [-0.05, 0) is 80.9 Å². The third-order valence-electron chi connectivity index (χ3n) is 7.89. The smallest absolute Gasteiger partial charge is 0.309 e. The largest absolute Gasteiger partial charge is 0.481 e. The molecule has 3 unspecified atom stereocenters. The molecule has 1 N–H and O–H groups in total. The first-order valence-corrected chi connectivity index (χ1v) is 11.1. The van der Waals surface area contributed by atoms with E-state index in [9.17, 15) is 14.7 Å². The van der Waals surface area contributed by atoms with Crippen molar-refractivity contribution in [3.05, 3.63) is 33.8 Å². The van der Waals surface area contributed by atoms with E-state index in [0.29, 0.717) is 34.7 Å². The first-order valence-electron chi connectivity index (χ1n) is 10.3. The van der Waals surface area contributed by atoms with Crippen molar-refractivity contribution in [3.63, 3.8) is 0 Å². The molecule has 5 fully saturated rings. The molecule has 4 aliphatic carbocycles. The molecule has 150 valence electrons. The molecule has 1 heterocycles. The molecular weight excluding hydrogens is 397 g/mol. The Morgan fingerprint density at radius 1 is 1.14 bits per heavy atom. The van der Waals surface area contributed by atoms with Gasteiger partial charge < -0.3 is 10.0 Å². The molecule has 1 aromatic carbocycles. The Kier molecular flexibility index (Phi) is 4.26. The summed E-state index contributed by atoms with van der Waals surface area (Å²) in [6.45, 7) is 0.723. The van der Waals surface area contributed by atoms with Gasteiger partial charge >= 0.3 is 5.97 Å². The van der Waals surface area contributed by atoms with Crippen LogP contribution >= 0.6 is 23.2 Å². The van der Waals surface area contributed by atoms with Gasteiger partial charge in [-0.25, -0.2) is 0 Å². The molecule has 1 amide bonds. The van der Waals surface area contributed by atoms with Crippen molar-refractivity contribution < 1.29 is 14.7 Å². The van der Waals surface area contributed by atoms with E-state index in [-0.39, 0.29) is 17.4 Å². The Morgan fingerprint density at radius 3 is 2.39 bits per heavy atom. The van der Waals surface area contributed by atoms with Crippen molar-refractivity contribution in [3.8, 4) is 0 Å². The van der Waals surface area contributed by atoms with Crippen LogP contribution in [0.4, 0.5) is 0 Å². The second kappa shape index (κ2) is 6.37. The zero-order valence-electron chi connectivity index (χ0n) is 15.8. The summed E-state index contributed by atoms with van der Waals surface area (Å²) < 4.78 is 0. The highest BCUT2D eigenvalue weighted by atomic mass is 35.5. The Labute approximate surface area is 175 Å². The van der Waals surface area contributed by atoms with E-state index in [2.05, 4.69) is 4.90 Å². The number of carboxylic acid groups (broad SMARTS) is 1. The molecule has 3 atom stereocenters. The summed E-state index contributed by atoms with van der Waals surface area (Å²) in [4.78, 5) is 27.6. The van der Waals surface area contributed by atoms with Gasteiger partial charge in [0.05, 0.1) is 5.41 Å². The van der Waals surface area contributed by atoms with Crippen molar-refractivity contribution in [2.24, 2.45) is 23.2 Å². The van der Waals surface area contributed by atoms with Gasteiger partial charge in [0.25, 0.3) is 0 Å². The molecule has 1 aliphatic heterocycles. The predicted octanol–water partition coefficient (Wildman–Crippen LogP) is 4.81. The Morgan fingerprint density at radius 2 is 1.79 bits per heavy atom. The lowest BCUT2D eigenvalue weighted by Crippen LogP contribution is -2.65. The zero-order valence-corrected chi connectivity index (χ0v) is 17.3. The van der Waals surface area contributed by atoms with Gasteiger partial charge in [0, 0.05) is 28.0 Å². The lowest BCUT2D eigenvalue weighted by molar-refractivity contribution is -0.181. The number of rotatable bonds is 4. The van der Waals surface area contributed by atoms with E-state index >= 15 is 0 Å². The molecule has 1 aromatic rings. The molecule has 0 radical (unpaired) electrons. The molecule has 0 aromatic heterocycles. The third kappa shape index (κ3) is 2.71. The number of halogens is 2. The van der Waals surface area contributed by atoms with Gasteiger partial charge in [0.1, 0.15) is 0 Å². The van der Waals surface area contributed by atoms with Crippen LogP contribution in [0.15, 0.2) is 18.2 Å². The fourth-order valence-corrected chi connectivity index (χ4v) is 7.70. The van der Waals surface area contributed by atoms with E-state index in [1.807, 2.05) is 18.2 Å². The highest BCUT2D eigenvalue weighted by Crippen LogP contribution is 2.64. The molecule has 1 saturated heterocycles. The lowest BCUT2D eigenvalue weighted by Gasteiger charge is -2.63. The summed E-state index contributed by atoms with van der Waals surface area (Å²) >= 11 is 12.7. The number of hydrogen-bond donors (Lipinski definition) is 1. The SMILES string of the molecule is O=C1C(Cc2c(Cl)cccc2Cl)CCN1C12CC3CC(CC(C(=O)O)(C3)C1)C2. The minimum absolute atomic E-state index is 0.119. The van der Waals surface area contributed by atoms with Gasteiger partial charge in [-0.15, -0.1) is 0 Å². The average Bonchev–Trinajstić information content (AvgIpc) is 2.98. The fraction of sp³-hybridized carbons (Fsp3) is 0.636. The van der Waals surface area contributed by atoms with Gasteiger partial charge in [-0.1, -0.05) is 29.3 Å². The minimum atomic E-state index is -0.656. The summed E-state index contributed by atoms with van der Waals surface area (Å²) in [5.41, 5.74) is -0.0221. The second-order valence-corrected chi connectivity index (χ2v) is 10.5. The van der Waals surface area contributed by atoms with Crippen LogP contribution in [0, 0.1) is 23.2 Å². The summed E-state index contributed by atoms with van der Waals surface area (Å²) in [6, 6.07) is 5.45. The number of nitrogens with zero attached hydrogens (tertiary/aromatic N) is 1. The van der Waals surface area contributed by atoms with Crippen LogP contribution in [-0.2, 0) is 16.0 Å². The Hall–Kier alpha value is -1.26. The number of hydrogen-bond acceptors (Lipinski definition) is 2. The van der Waals surface area contributed by atoms with E-state index in [1.54, 1.807) is 0 Å². The van der Waals surface area contributed by atoms with Crippen molar-refractivity contribution in [2.45, 2.75) is 56.9 Å². The number of aliphatic carboxylic acids is 1. The van der Waals surface area contributed by atoms with Gasteiger partial charge in [0.15, 0.2) is 0 Å². The maximum absolute atomic E-state index is 13.4. The predicted molar refractivity (Wildman–Crippen MR) is 107 cm³/mol. The van der Waals surface area contributed by atoms with Crippen LogP contribution < -0.4 is 0 Å². The van der Waals surface area contributed by atoms with Crippen molar-refractivity contribution in [1.29, 1.82) is 0 Å². The molecule has 5 aliphatic rings. The average molecular weight is 422 g/mol. The molecule has 6 heteroatoms. The minimum Gasteiger partial charge on any atom is -0.481 e. The topological polar surface area (TPSA) is 57.6 Å². The number of carbonyl (C=O) groups excluding carboxylic acids is 1. The lowest BCUT2D eigenvalue weighted by atomic mass is 9.46. The molecule has 4 bridgehead atoms. The molecule has 6 rings (SSSR count). The number of amides is 1. The van der Waals surface area contributed by atoms with Gasteiger partial charge in [-0.2, -0.15) is 0 Å². The molecule has 4 nitrogen and oxygen atoms in total. The van der Waals surface area contributed by atoms with Crippen molar-refractivity contribution in [2.75, 3.05) is 6.54 Å². The third-order valence-corrected chi connectivity index (χ3v) is 8.59. The summed E-state index contributed by atoms with van der Waals surface area (Å²) in [5, 5.41) is 11.2. The molecule has 4 saturated carbocycles. The van der Waals surface area contributed by atoms with Crippen LogP contribution in [0.2, 0.25) is 10.0 Å². The quantitative estimate of drug-likeness (QED) is 0.758. The van der Waals surface area contributed by atoms with Gasteiger partial charge in [-0.3, -0.25) is 9.59 Å². The highest BCUT2D eigenvalue weighted by molar-refractivity contribution is 6.36. The normalized spacial score (nSPS) is 39.0. The monoisotopic (exact) mass is 421 g/mol. The Bertz CT molecular complexity index is 820. The number of benzene rings is 1. The number of carbonyl (C=O) groups is 2. The van der Waals surface area contributed by atoms with E-state index in [1.165, 1.54) is 0 Å².